The number of benzene rings is 1. The van der Waals surface area contributed by atoms with Gasteiger partial charge in [-0.25, -0.2) is 0 Å². The third kappa shape index (κ3) is 4.18. The minimum absolute atomic E-state index is 0.0755. The number of nitro benzene ring substituents is 1. The van der Waals surface area contributed by atoms with Crippen LogP contribution >= 0.6 is 24.0 Å². The molecule has 0 saturated carbocycles. The van der Waals surface area contributed by atoms with Crippen LogP contribution in [0.2, 0.25) is 0 Å². The lowest BCUT2D eigenvalue weighted by Gasteiger charge is -2.13. The average Bonchev–Trinajstić information content (AvgIpc) is 2.82. The fourth-order valence-corrected chi connectivity index (χ4v) is 3.39. The first-order valence-corrected chi connectivity index (χ1v) is 8.22. The van der Waals surface area contributed by atoms with E-state index in [0.29, 0.717) is 27.8 Å². The summed E-state index contributed by atoms with van der Waals surface area (Å²) < 4.78 is 4.92. The zero-order chi connectivity index (χ0) is 17.7. The second-order valence-electron chi connectivity index (χ2n) is 4.83. The number of hydrogen-bond donors (Lipinski definition) is 0. The number of thioether (sulfide) groups is 1. The molecule has 1 fully saturated rings. The Morgan fingerprint density at radius 3 is 2.83 bits per heavy atom. The summed E-state index contributed by atoms with van der Waals surface area (Å²) >= 11 is 6.27. The Balaban J connectivity index is 2.14. The van der Waals surface area contributed by atoms with Crippen LogP contribution in [0.1, 0.15) is 18.4 Å². The molecule has 1 saturated heterocycles. The van der Waals surface area contributed by atoms with Gasteiger partial charge < -0.3 is 4.74 Å². The molecule has 0 atom stereocenters. The molecule has 1 aromatic rings. The van der Waals surface area contributed by atoms with Crippen LogP contribution in [-0.2, 0) is 14.3 Å². The van der Waals surface area contributed by atoms with Crippen molar-refractivity contribution in [1.82, 2.24) is 4.90 Å². The Labute approximate surface area is 147 Å². The topological polar surface area (TPSA) is 89.8 Å². The summed E-state index contributed by atoms with van der Waals surface area (Å²) in [5.41, 5.74) is 0.269. The van der Waals surface area contributed by atoms with E-state index in [2.05, 4.69) is 4.74 Å². The highest BCUT2D eigenvalue weighted by atomic mass is 32.2. The van der Waals surface area contributed by atoms with E-state index in [9.17, 15) is 19.7 Å². The summed E-state index contributed by atoms with van der Waals surface area (Å²) in [7, 11) is 1.30. The lowest BCUT2D eigenvalue weighted by atomic mass is 10.1. The van der Waals surface area contributed by atoms with Crippen molar-refractivity contribution in [3.05, 3.63) is 44.8 Å². The van der Waals surface area contributed by atoms with Crippen LogP contribution in [0.3, 0.4) is 0 Å². The van der Waals surface area contributed by atoms with Gasteiger partial charge in [0, 0.05) is 19.0 Å². The molecule has 7 nitrogen and oxygen atoms in total. The molecule has 0 bridgehead atoms. The lowest BCUT2D eigenvalue weighted by molar-refractivity contribution is -0.385. The predicted molar refractivity (Wildman–Crippen MR) is 94.2 cm³/mol. The molecule has 0 radical (unpaired) electrons. The van der Waals surface area contributed by atoms with E-state index in [1.54, 1.807) is 18.2 Å². The Kier molecular flexibility index (Phi) is 6.04. The normalized spacial score (nSPS) is 15.9. The zero-order valence-corrected chi connectivity index (χ0v) is 14.4. The molecule has 1 heterocycles. The predicted octanol–water partition coefficient (Wildman–Crippen LogP) is 2.75. The number of carbonyl (C=O) groups is 2. The van der Waals surface area contributed by atoms with Gasteiger partial charge in [-0.05, 0) is 18.6 Å². The maximum absolute atomic E-state index is 12.4. The van der Waals surface area contributed by atoms with Gasteiger partial charge in [0.2, 0.25) is 0 Å². The van der Waals surface area contributed by atoms with Crippen molar-refractivity contribution in [2.24, 2.45) is 0 Å². The second kappa shape index (κ2) is 8.02. The number of carbonyl (C=O) groups excluding carboxylic acids is 2. The Hall–Kier alpha value is -2.26. The van der Waals surface area contributed by atoms with Crippen LogP contribution in [-0.4, -0.2) is 39.7 Å². The van der Waals surface area contributed by atoms with E-state index in [1.165, 1.54) is 24.2 Å². The first kappa shape index (κ1) is 18.1. The minimum Gasteiger partial charge on any atom is -0.469 e. The number of ether oxygens (including phenoxy) is 1. The van der Waals surface area contributed by atoms with Crippen molar-refractivity contribution in [2.45, 2.75) is 12.8 Å². The fourth-order valence-electron chi connectivity index (χ4n) is 2.09. The fraction of sp³-hybridized carbons (Fsp3) is 0.267. The number of esters is 1. The van der Waals surface area contributed by atoms with Crippen LogP contribution in [0.15, 0.2) is 29.2 Å². The summed E-state index contributed by atoms with van der Waals surface area (Å²) in [5, 5.41) is 11.0. The van der Waals surface area contributed by atoms with Crippen LogP contribution in [0.5, 0.6) is 0 Å². The standard InChI is InChI=1S/C15H14N2O5S2/c1-22-13(18)7-4-8-16-14(19)12(24-15(16)23)9-10-5-2-3-6-11(10)17(20)21/h2-3,5-6,9H,4,7-8H2,1H3/b12-9-. The van der Waals surface area contributed by atoms with Crippen LogP contribution in [0.4, 0.5) is 5.69 Å². The monoisotopic (exact) mass is 366 g/mol. The van der Waals surface area contributed by atoms with E-state index in [1.807, 2.05) is 0 Å². The largest absolute Gasteiger partial charge is 0.469 e. The maximum atomic E-state index is 12.4. The van der Waals surface area contributed by atoms with Crippen LogP contribution in [0.25, 0.3) is 6.08 Å². The Bertz CT molecular complexity index is 732. The van der Waals surface area contributed by atoms with Crippen molar-refractivity contribution >= 4 is 51.9 Å². The molecule has 1 aliphatic rings. The number of rotatable bonds is 6. The molecule has 9 heteroatoms. The molecule has 1 aromatic carbocycles. The van der Waals surface area contributed by atoms with E-state index in [4.69, 9.17) is 12.2 Å². The molecule has 0 aliphatic carbocycles. The van der Waals surface area contributed by atoms with Gasteiger partial charge in [-0.2, -0.15) is 0 Å². The SMILES string of the molecule is COC(=O)CCCN1C(=O)/C(=C/c2ccccc2[N+](=O)[O-])SC1=S. The molecule has 1 aliphatic heterocycles. The lowest BCUT2D eigenvalue weighted by Crippen LogP contribution is -2.29. The van der Waals surface area contributed by atoms with Gasteiger partial charge >= 0.3 is 5.97 Å². The van der Waals surface area contributed by atoms with Gasteiger partial charge in [-0.1, -0.05) is 36.1 Å². The van der Waals surface area contributed by atoms with Gasteiger partial charge in [-0.15, -0.1) is 0 Å². The van der Waals surface area contributed by atoms with Crippen molar-refractivity contribution in [3.63, 3.8) is 0 Å². The number of thiocarbonyl (C=S) groups is 1. The first-order valence-electron chi connectivity index (χ1n) is 6.99. The van der Waals surface area contributed by atoms with Crippen molar-refractivity contribution in [2.75, 3.05) is 13.7 Å². The van der Waals surface area contributed by atoms with Gasteiger partial charge in [0.15, 0.2) is 0 Å². The summed E-state index contributed by atoms with van der Waals surface area (Å²) in [4.78, 5) is 35.8. The van der Waals surface area contributed by atoms with E-state index < -0.39 is 4.92 Å². The molecule has 2 rings (SSSR count). The second-order valence-corrected chi connectivity index (χ2v) is 6.50. The van der Waals surface area contributed by atoms with Gasteiger partial charge in [-0.3, -0.25) is 24.6 Å². The number of amides is 1. The molecule has 126 valence electrons. The molecular weight excluding hydrogens is 352 g/mol. The maximum Gasteiger partial charge on any atom is 0.305 e. The van der Waals surface area contributed by atoms with Crippen molar-refractivity contribution < 1.29 is 19.2 Å². The number of nitro groups is 1. The number of hydrogen-bond acceptors (Lipinski definition) is 7. The number of para-hydroxylation sites is 1. The highest BCUT2D eigenvalue weighted by molar-refractivity contribution is 8.26. The molecule has 0 N–H and O–H groups in total. The van der Waals surface area contributed by atoms with Crippen LogP contribution in [0, 0.1) is 10.1 Å². The molecule has 24 heavy (non-hydrogen) atoms. The smallest absolute Gasteiger partial charge is 0.305 e. The molecular formula is C15H14N2O5S2. The summed E-state index contributed by atoms with van der Waals surface area (Å²) in [6, 6.07) is 6.17. The van der Waals surface area contributed by atoms with Gasteiger partial charge in [0.1, 0.15) is 4.32 Å². The van der Waals surface area contributed by atoms with E-state index in [0.717, 1.165) is 11.8 Å². The summed E-state index contributed by atoms with van der Waals surface area (Å²) in [6.07, 6.45) is 2.09. The van der Waals surface area contributed by atoms with Crippen LogP contribution < -0.4 is 0 Å². The molecule has 0 spiro atoms. The zero-order valence-electron chi connectivity index (χ0n) is 12.8. The summed E-state index contributed by atoms with van der Waals surface area (Å²) in [5.74, 6) is -0.663. The van der Waals surface area contributed by atoms with Gasteiger partial charge in [0.25, 0.3) is 11.6 Å². The molecule has 0 aromatic heterocycles. The number of methoxy groups -OCH3 is 1. The Morgan fingerprint density at radius 2 is 2.17 bits per heavy atom. The quantitative estimate of drug-likeness (QED) is 0.251. The first-order chi connectivity index (χ1) is 11.4. The third-order valence-corrected chi connectivity index (χ3v) is 4.66. The molecule has 1 amide bonds. The Morgan fingerprint density at radius 1 is 1.46 bits per heavy atom. The van der Waals surface area contributed by atoms with Crippen molar-refractivity contribution in [3.8, 4) is 0 Å². The number of nitrogens with zero attached hydrogens (tertiary/aromatic N) is 2. The highest BCUT2D eigenvalue weighted by Crippen LogP contribution is 2.34. The summed E-state index contributed by atoms with van der Waals surface area (Å²) in [6.45, 7) is 0.300. The molecule has 0 unspecified atom stereocenters. The highest BCUT2D eigenvalue weighted by Gasteiger charge is 2.32. The average molecular weight is 366 g/mol. The third-order valence-electron chi connectivity index (χ3n) is 3.28. The minimum atomic E-state index is -0.497. The van der Waals surface area contributed by atoms with Gasteiger partial charge in [0.05, 0.1) is 22.5 Å². The van der Waals surface area contributed by atoms with E-state index >= 15 is 0 Å². The van der Waals surface area contributed by atoms with Crippen molar-refractivity contribution in [1.29, 1.82) is 0 Å². The van der Waals surface area contributed by atoms with E-state index in [-0.39, 0.29) is 24.0 Å².